The highest BCUT2D eigenvalue weighted by molar-refractivity contribution is 5.87. The van der Waals surface area contributed by atoms with Crippen LogP contribution in [-0.4, -0.2) is 36.4 Å². The smallest absolute Gasteiger partial charge is 0.316 e. The molecule has 2 N–H and O–H groups in total. The van der Waals surface area contributed by atoms with Crippen LogP contribution in [0.2, 0.25) is 0 Å². The summed E-state index contributed by atoms with van der Waals surface area (Å²) in [5.74, 6) is 0.373. The maximum absolute atomic E-state index is 12.1. The van der Waals surface area contributed by atoms with E-state index < -0.39 is 11.8 Å². The number of nitrogens with zero attached hydrogens (tertiary/aromatic N) is 1. The number of hydrogen-bond donors (Lipinski definition) is 2. The average molecular weight is 422 g/mol. The highest BCUT2D eigenvalue weighted by Gasteiger charge is 2.52. The zero-order chi connectivity index (χ0) is 22.0. The Hall–Kier alpha value is -3.16. The largest absolute Gasteiger partial charge is 0.468 e. The van der Waals surface area contributed by atoms with E-state index in [0.717, 1.165) is 35.1 Å². The van der Waals surface area contributed by atoms with Crippen molar-refractivity contribution in [2.45, 2.75) is 38.5 Å². The number of methoxy groups -OCH3 is 1. The van der Waals surface area contributed by atoms with Gasteiger partial charge in [-0.3, -0.25) is 4.79 Å². The number of esters is 1. The maximum atomic E-state index is 12.1. The van der Waals surface area contributed by atoms with Crippen molar-refractivity contribution in [3.8, 4) is 22.5 Å². The van der Waals surface area contributed by atoms with Crippen LogP contribution in [-0.2, 0) is 19.7 Å². The topological polar surface area (TPSA) is 93.8 Å². The van der Waals surface area contributed by atoms with Crippen molar-refractivity contribution in [2.24, 2.45) is 0 Å². The van der Waals surface area contributed by atoms with Crippen LogP contribution in [0.25, 0.3) is 22.5 Å². The molecule has 1 fully saturated rings. The second-order valence-corrected chi connectivity index (χ2v) is 7.65. The monoisotopic (exact) mass is 422 g/mol. The van der Waals surface area contributed by atoms with Crippen molar-refractivity contribution in [3.05, 3.63) is 59.8 Å². The molecule has 3 aromatic rings. The standard InChI is InChI=1S/C24H26N2O5/c1-4-30-23(28)25-20-15(2)26-31-21(20)18-7-5-16(6-8-18)17-9-11-19(12-10-17)24(13-14-24)22(27)29-3/h5-12,23,25,28H,4,13-14H2,1-3H3. The third-order valence-electron chi connectivity index (χ3n) is 5.70. The number of hydrogen-bond acceptors (Lipinski definition) is 7. The number of carbonyl (C=O) groups is 1. The Balaban J connectivity index is 1.54. The van der Waals surface area contributed by atoms with E-state index in [0.29, 0.717) is 23.7 Å². The Morgan fingerprint density at radius 1 is 1.13 bits per heavy atom. The number of carbonyl (C=O) groups excluding carboxylic acids is 1. The Labute approximate surface area is 181 Å². The lowest BCUT2D eigenvalue weighted by Crippen LogP contribution is -2.22. The van der Waals surface area contributed by atoms with Gasteiger partial charge in [-0.1, -0.05) is 53.7 Å². The number of anilines is 1. The van der Waals surface area contributed by atoms with Crippen molar-refractivity contribution in [3.63, 3.8) is 0 Å². The van der Waals surface area contributed by atoms with Gasteiger partial charge in [0.25, 0.3) is 0 Å². The number of aromatic nitrogens is 1. The van der Waals surface area contributed by atoms with E-state index in [-0.39, 0.29) is 5.97 Å². The van der Waals surface area contributed by atoms with Gasteiger partial charge in [0.15, 0.2) is 5.76 Å². The first-order valence-electron chi connectivity index (χ1n) is 10.3. The molecule has 1 aliphatic carbocycles. The lowest BCUT2D eigenvalue weighted by molar-refractivity contribution is -0.143. The van der Waals surface area contributed by atoms with E-state index in [4.69, 9.17) is 14.0 Å². The van der Waals surface area contributed by atoms with Gasteiger partial charge in [0.05, 0.1) is 12.5 Å². The fourth-order valence-electron chi connectivity index (χ4n) is 3.79. The summed E-state index contributed by atoms with van der Waals surface area (Å²) in [5.41, 5.74) is 4.68. The molecule has 162 valence electrons. The molecule has 0 aliphatic heterocycles. The number of ether oxygens (including phenoxy) is 2. The molecule has 0 amide bonds. The molecule has 0 bridgehead atoms. The lowest BCUT2D eigenvalue weighted by atomic mass is 9.93. The quantitative estimate of drug-likeness (QED) is 0.414. The van der Waals surface area contributed by atoms with Crippen LogP contribution in [0.3, 0.4) is 0 Å². The second-order valence-electron chi connectivity index (χ2n) is 7.65. The lowest BCUT2D eigenvalue weighted by Gasteiger charge is -2.14. The minimum atomic E-state index is -1.14. The predicted molar refractivity (Wildman–Crippen MR) is 116 cm³/mol. The zero-order valence-corrected chi connectivity index (χ0v) is 17.8. The first-order valence-corrected chi connectivity index (χ1v) is 10.3. The minimum absolute atomic E-state index is 0.161. The molecule has 1 unspecified atom stereocenters. The van der Waals surface area contributed by atoms with Gasteiger partial charge >= 0.3 is 5.97 Å². The fraction of sp³-hybridized carbons (Fsp3) is 0.333. The van der Waals surface area contributed by atoms with Gasteiger partial charge in [-0.15, -0.1) is 0 Å². The van der Waals surface area contributed by atoms with E-state index in [1.807, 2.05) is 48.5 Å². The Bertz CT molecular complexity index is 1050. The highest BCUT2D eigenvalue weighted by atomic mass is 16.6. The molecule has 4 rings (SSSR count). The zero-order valence-electron chi connectivity index (χ0n) is 17.8. The van der Waals surface area contributed by atoms with E-state index >= 15 is 0 Å². The maximum Gasteiger partial charge on any atom is 0.316 e. The van der Waals surface area contributed by atoms with Crippen LogP contribution in [0.4, 0.5) is 5.69 Å². The van der Waals surface area contributed by atoms with E-state index in [1.165, 1.54) is 7.11 Å². The number of nitrogens with one attached hydrogen (secondary N) is 1. The summed E-state index contributed by atoms with van der Waals surface area (Å²) in [7, 11) is 1.44. The van der Waals surface area contributed by atoms with Crippen molar-refractivity contribution < 1.29 is 23.9 Å². The summed E-state index contributed by atoms with van der Waals surface area (Å²) in [6.07, 6.45) is 0.525. The summed E-state index contributed by atoms with van der Waals surface area (Å²) in [6, 6.07) is 15.9. The van der Waals surface area contributed by atoms with E-state index in [2.05, 4.69) is 10.5 Å². The van der Waals surface area contributed by atoms with Crippen LogP contribution in [0.1, 0.15) is 31.0 Å². The van der Waals surface area contributed by atoms with Crippen LogP contribution in [0.15, 0.2) is 53.1 Å². The third-order valence-corrected chi connectivity index (χ3v) is 5.70. The minimum Gasteiger partial charge on any atom is -0.468 e. The van der Waals surface area contributed by atoms with Crippen LogP contribution >= 0.6 is 0 Å². The van der Waals surface area contributed by atoms with Gasteiger partial charge in [-0.25, -0.2) is 0 Å². The van der Waals surface area contributed by atoms with Crippen molar-refractivity contribution in [2.75, 3.05) is 19.0 Å². The fourth-order valence-corrected chi connectivity index (χ4v) is 3.79. The summed E-state index contributed by atoms with van der Waals surface area (Å²) in [5, 5.41) is 16.8. The third kappa shape index (κ3) is 4.06. The molecule has 0 saturated heterocycles. The summed E-state index contributed by atoms with van der Waals surface area (Å²) >= 11 is 0. The number of aliphatic hydroxyl groups excluding tert-OH is 1. The molecule has 7 nitrogen and oxygen atoms in total. The normalized spacial score (nSPS) is 15.4. The van der Waals surface area contributed by atoms with Crippen LogP contribution < -0.4 is 5.32 Å². The van der Waals surface area contributed by atoms with Gasteiger partial charge in [0.1, 0.15) is 11.4 Å². The molecule has 7 heteroatoms. The number of benzene rings is 2. The van der Waals surface area contributed by atoms with E-state index in [1.54, 1.807) is 13.8 Å². The van der Waals surface area contributed by atoms with Crippen LogP contribution in [0, 0.1) is 6.92 Å². The number of aryl methyl sites for hydroxylation is 1. The molecule has 31 heavy (non-hydrogen) atoms. The molecule has 1 aromatic heterocycles. The number of rotatable bonds is 8. The molecule has 1 heterocycles. The molecular weight excluding hydrogens is 396 g/mol. The van der Waals surface area contributed by atoms with E-state index in [9.17, 15) is 9.90 Å². The summed E-state index contributed by atoms with van der Waals surface area (Å²) < 4.78 is 15.6. The van der Waals surface area contributed by atoms with Gasteiger partial charge < -0.3 is 24.4 Å². The van der Waals surface area contributed by atoms with Crippen molar-refractivity contribution in [1.82, 2.24) is 5.16 Å². The second kappa shape index (κ2) is 8.53. The predicted octanol–water partition coefficient (Wildman–Crippen LogP) is 4.25. The van der Waals surface area contributed by atoms with Crippen molar-refractivity contribution >= 4 is 11.7 Å². The Morgan fingerprint density at radius 2 is 1.71 bits per heavy atom. The first-order chi connectivity index (χ1) is 15.0. The van der Waals surface area contributed by atoms with Gasteiger partial charge in [-0.05, 0) is 43.4 Å². The summed E-state index contributed by atoms with van der Waals surface area (Å²) in [6.45, 7) is 3.98. The van der Waals surface area contributed by atoms with Crippen molar-refractivity contribution in [1.29, 1.82) is 0 Å². The average Bonchev–Trinajstić information content (AvgIpc) is 3.53. The molecule has 1 saturated carbocycles. The van der Waals surface area contributed by atoms with Gasteiger partial charge in [-0.2, -0.15) is 0 Å². The molecule has 0 spiro atoms. The molecule has 0 radical (unpaired) electrons. The Morgan fingerprint density at radius 3 is 2.26 bits per heavy atom. The van der Waals surface area contributed by atoms with Gasteiger partial charge in [0.2, 0.25) is 6.41 Å². The SMILES string of the molecule is CCOC(O)Nc1c(C)noc1-c1ccc(-c2ccc(C3(C(=O)OC)CC3)cc2)cc1. The number of aliphatic hydroxyl groups is 1. The Kier molecular flexibility index (Phi) is 5.80. The first kappa shape index (κ1) is 21.1. The molecule has 1 aliphatic rings. The van der Waals surface area contributed by atoms with Crippen LogP contribution in [0.5, 0.6) is 0 Å². The van der Waals surface area contributed by atoms with Gasteiger partial charge in [0, 0.05) is 12.2 Å². The molecule has 1 atom stereocenters. The highest BCUT2D eigenvalue weighted by Crippen LogP contribution is 2.49. The molecular formula is C24H26N2O5. The molecule has 2 aromatic carbocycles. The summed E-state index contributed by atoms with van der Waals surface area (Å²) in [4.78, 5) is 12.1.